The Morgan fingerprint density at radius 1 is 1.61 bits per heavy atom. The molecule has 1 saturated carbocycles. The van der Waals surface area contributed by atoms with Gasteiger partial charge in [0.15, 0.2) is 0 Å². The third kappa shape index (κ3) is 2.85. The fourth-order valence-corrected chi connectivity index (χ4v) is 3.50. The number of nitrogens with one attached hydrogen (secondary N) is 1. The number of nitrogens with two attached hydrogens (primary N) is 1. The Balaban J connectivity index is 2.31. The van der Waals surface area contributed by atoms with Crippen molar-refractivity contribution < 1.29 is 8.42 Å². The molecule has 1 aromatic heterocycles. The molecule has 0 saturated heterocycles. The summed E-state index contributed by atoms with van der Waals surface area (Å²) in [6.07, 6.45) is 3.61. The molecule has 0 spiro atoms. The van der Waals surface area contributed by atoms with Crippen LogP contribution in [0.5, 0.6) is 0 Å². The summed E-state index contributed by atoms with van der Waals surface area (Å²) in [5, 5.41) is 0. The lowest BCUT2D eigenvalue weighted by Crippen LogP contribution is -2.35. The van der Waals surface area contributed by atoms with Gasteiger partial charge in [-0.25, -0.2) is 13.1 Å². The van der Waals surface area contributed by atoms with Crippen LogP contribution in [-0.4, -0.2) is 24.4 Å². The maximum atomic E-state index is 12.2. The zero-order valence-corrected chi connectivity index (χ0v) is 11.6. The summed E-state index contributed by atoms with van der Waals surface area (Å²) >= 11 is 4.82. The fraction of sp³-hybridized carbons (Fsp3) is 0.455. The molecule has 18 heavy (non-hydrogen) atoms. The van der Waals surface area contributed by atoms with Gasteiger partial charge in [-0.1, -0.05) is 12.2 Å². The molecule has 2 rings (SSSR count). The number of nitrogens with zero attached hydrogens (tertiary/aromatic N) is 1. The maximum Gasteiger partial charge on any atom is 0.243 e. The molecule has 5 nitrogen and oxygen atoms in total. The van der Waals surface area contributed by atoms with Crippen LogP contribution in [0.1, 0.15) is 25.5 Å². The SMILES string of the molecule is CC(NS(=O)(=O)c1cccnc1C(N)=S)C1CC1. The smallest absolute Gasteiger partial charge is 0.243 e. The zero-order chi connectivity index (χ0) is 13.3. The summed E-state index contributed by atoms with van der Waals surface area (Å²) < 4.78 is 27.1. The van der Waals surface area contributed by atoms with Gasteiger partial charge in [0.25, 0.3) is 0 Å². The highest BCUT2D eigenvalue weighted by atomic mass is 32.2. The molecule has 1 unspecified atom stereocenters. The van der Waals surface area contributed by atoms with Crippen LogP contribution in [0.25, 0.3) is 0 Å². The molecular weight excluding hydrogens is 270 g/mol. The quantitative estimate of drug-likeness (QED) is 0.781. The molecule has 1 fully saturated rings. The molecule has 1 atom stereocenters. The number of hydrogen-bond donors (Lipinski definition) is 2. The van der Waals surface area contributed by atoms with Gasteiger partial charge in [-0.05, 0) is 37.8 Å². The van der Waals surface area contributed by atoms with E-state index in [1.54, 1.807) is 6.07 Å². The predicted molar refractivity (Wildman–Crippen MR) is 72.6 cm³/mol. The topological polar surface area (TPSA) is 85.1 Å². The highest BCUT2D eigenvalue weighted by molar-refractivity contribution is 7.89. The Labute approximate surface area is 112 Å². The van der Waals surface area contributed by atoms with Gasteiger partial charge in [0, 0.05) is 12.2 Å². The van der Waals surface area contributed by atoms with E-state index in [2.05, 4.69) is 9.71 Å². The van der Waals surface area contributed by atoms with Gasteiger partial charge in [0.05, 0.1) is 0 Å². The molecule has 1 aromatic rings. The molecule has 7 heteroatoms. The number of aromatic nitrogens is 1. The van der Waals surface area contributed by atoms with E-state index < -0.39 is 10.0 Å². The number of sulfonamides is 1. The van der Waals surface area contributed by atoms with Crippen LogP contribution in [0, 0.1) is 5.92 Å². The molecule has 0 bridgehead atoms. The van der Waals surface area contributed by atoms with Gasteiger partial charge in [-0.3, -0.25) is 4.98 Å². The summed E-state index contributed by atoms with van der Waals surface area (Å²) in [5.74, 6) is 0.435. The largest absolute Gasteiger partial charge is 0.388 e. The first-order valence-corrected chi connectivity index (χ1v) is 7.58. The third-order valence-electron chi connectivity index (χ3n) is 2.96. The normalized spacial score (nSPS) is 17.4. The molecule has 98 valence electrons. The van der Waals surface area contributed by atoms with Gasteiger partial charge in [-0.2, -0.15) is 0 Å². The first-order valence-electron chi connectivity index (χ1n) is 5.69. The zero-order valence-electron chi connectivity index (χ0n) is 9.96. The second-order valence-corrected chi connectivity index (χ2v) is 6.58. The van der Waals surface area contributed by atoms with Gasteiger partial charge in [0.2, 0.25) is 10.0 Å². The second kappa shape index (κ2) is 4.91. The number of pyridine rings is 1. The van der Waals surface area contributed by atoms with E-state index in [9.17, 15) is 8.42 Å². The van der Waals surface area contributed by atoms with Crippen LogP contribution in [0.15, 0.2) is 23.2 Å². The van der Waals surface area contributed by atoms with E-state index in [0.717, 1.165) is 12.8 Å². The van der Waals surface area contributed by atoms with Gasteiger partial charge >= 0.3 is 0 Å². The van der Waals surface area contributed by atoms with Crippen molar-refractivity contribution in [2.24, 2.45) is 11.7 Å². The van der Waals surface area contributed by atoms with Crippen molar-refractivity contribution in [3.63, 3.8) is 0 Å². The highest BCUT2D eigenvalue weighted by Gasteiger charge is 2.32. The van der Waals surface area contributed by atoms with Crippen LogP contribution in [0.3, 0.4) is 0 Å². The third-order valence-corrected chi connectivity index (χ3v) is 4.75. The Morgan fingerprint density at radius 3 is 2.83 bits per heavy atom. The molecule has 3 N–H and O–H groups in total. The standard InChI is InChI=1S/C11H15N3O2S2/c1-7(8-4-5-8)14-18(15,16)9-3-2-6-13-10(9)11(12)17/h2-3,6-8,14H,4-5H2,1H3,(H2,12,17). The summed E-state index contributed by atoms with van der Waals surface area (Å²) in [7, 11) is -3.62. The van der Waals surface area contributed by atoms with Crippen molar-refractivity contribution in [1.29, 1.82) is 0 Å². The van der Waals surface area contributed by atoms with Crippen molar-refractivity contribution in [2.45, 2.75) is 30.7 Å². The van der Waals surface area contributed by atoms with Crippen molar-refractivity contribution >= 4 is 27.2 Å². The molecule has 0 aromatic carbocycles. The lowest BCUT2D eigenvalue weighted by molar-refractivity contribution is 0.537. The van der Waals surface area contributed by atoms with Crippen LogP contribution in [-0.2, 0) is 10.0 Å². The van der Waals surface area contributed by atoms with Crippen molar-refractivity contribution in [1.82, 2.24) is 9.71 Å². The summed E-state index contributed by atoms with van der Waals surface area (Å²) in [5.41, 5.74) is 5.63. The van der Waals surface area contributed by atoms with Crippen LogP contribution >= 0.6 is 12.2 Å². The second-order valence-electron chi connectivity index (χ2n) is 4.46. The van der Waals surface area contributed by atoms with Crippen LogP contribution < -0.4 is 10.5 Å². The van der Waals surface area contributed by atoms with Crippen molar-refractivity contribution in [2.75, 3.05) is 0 Å². The van der Waals surface area contributed by atoms with Gasteiger partial charge < -0.3 is 5.73 Å². The summed E-state index contributed by atoms with van der Waals surface area (Å²) in [4.78, 5) is 3.95. The first kappa shape index (κ1) is 13.4. The van der Waals surface area contributed by atoms with Crippen LogP contribution in [0.4, 0.5) is 0 Å². The van der Waals surface area contributed by atoms with Crippen molar-refractivity contribution in [3.05, 3.63) is 24.0 Å². The Kier molecular flexibility index (Phi) is 3.65. The molecule has 0 radical (unpaired) electrons. The minimum atomic E-state index is -3.62. The van der Waals surface area contributed by atoms with E-state index >= 15 is 0 Å². The minimum absolute atomic E-state index is 0.0185. The summed E-state index contributed by atoms with van der Waals surface area (Å²) in [6, 6.07) is 2.94. The van der Waals surface area contributed by atoms with Gasteiger partial charge in [0.1, 0.15) is 15.6 Å². The van der Waals surface area contributed by atoms with E-state index in [-0.39, 0.29) is 21.6 Å². The monoisotopic (exact) mass is 285 g/mol. The number of rotatable bonds is 5. The van der Waals surface area contributed by atoms with E-state index in [0.29, 0.717) is 5.92 Å². The Bertz CT molecular complexity index is 567. The number of hydrogen-bond acceptors (Lipinski definition) is 4. The minimum Gasteiger partial charge on any atom is -0.388 e. The molecule has 0 aliphatic heterocycles. The Hall–Kier alpha value is -1.05. The average Bonchev–Trinajstić information content (AvgIpc) is 3.12. The molecular formula is C11H15N3O2S2. The molecule has 1 heterocycles. The van der Waals surface area contributed by atoms with Crippen molar-refractivity contribution in [3.8, 4) is 0 Å². The maximum absolute atomic E-state index is 12.2. The Morgan fingerprint density at radius 2 is 2.28 bits per heavy atom. The molecule has 0 amide bonds. The van der Waals surface area contributed by atoms with Crippen LogP contribution in [0.2, 0.25) is 0 Å². The molecule has 1 aliphatic carbocycles. The summed E-state index contributed by atoms with van der Waals surface area (Å²) in [6.45, 7) is 1.87. The first-order chi connectivity index (χ1) is 8.42. The van der Waals surface area contributed by atoms with E-state index in [1.165, 1.54) is 12.3 Å². The van der Waals surface area contributed by atoms with E-state index in [1.807, 2.05) is 6.92 Å². The van der Waals surface area contributed by atoms with Gasteiger partial charge in [-0.15, -0.1) is 0 Å². The van der Waals surface area contributed by atoms with E-state index in [4.69, 9.17) is 18.0 Å². The highest BCUT2D eigenvalue weighted by Crippen LogP contribution is 2.33. The molecule has 1 aliphatic rings. The lowest BCUT2D eigenvalue weighted by atomic mass is 10.2. The fourth-order valence-electron chi connectivity index (χ4n) is 1.79. The average molecular weight is 285 g/mol. The number of thiocarbonyl (C=S) groups is 1. The predicted octanol–water partition coefficient (Wildman–Crippen LogP) is 0.793. The lowest BCUT2D eigenvalue weighted by Gasteiger charge is -2.14.